The van der Waals surface area contributed by atoms with Crippen molar-refractivity contribution in [3.05, 3.63) is 40.7 Å². The highest BCUT2D eigenvalue weighted by Crippen LogP contribution is 2.43. The van der Waals surface area contributed by atoms with Gasteiger partial charge in [0.2, 0.25) is 5.56 Å². The van der Waals surface area contributed by atoms with Crippen LogP contribution in [0.4, 0.5) is 5.69 Å². The lowest BCUT2D eigenvalue weighted by atomic mass is 9.72. The topological polar surface area (TPSA) is 99.5 Å². The average molecular weight is 348 g/mol. The van der Waals surface area contributed by atoms with Crippen LogP contribution in [0, 0.1) is 5.41 Å². The largest absolute Gasteiger partial charge is 0.370 e. The number of piperidine rings is 1. The van der Waals surface area contributed by atoms with Crippen molar-refractivity contribution in [3.8, 4) is 0 Å². The first kappa shape index (κ1) is 15.6. The van der Waals surface area contributed by atoms with Crippen LogP contribution >= 0.6 is 0 Å². The van der Waals surface area contributed by atoms with E-state index >= 15 is 0 Å². The zero-order chi connectivity index (χ0) is 16.9. The smallest absolute Gasteiger partial charge is 0.276 e. The summed E-state index contributed by atoms with van der Waals surface area (Å²) in [5.74, 6) is 0. The first-order chi connectivity index (χ1) is 11.4. The van der Waals surface area contributed by atoms with Gasteiger partial charge in [0.25, 0.3) is 10.2 Å². The molecule has 2 fully saturated rings. The van der Waals surface area contributed by atoms with Gasteiger partial charge < -0.3 is 9.88 Å². The van der Waals surface area contributed by atoms with Gasteiger partial charge in [0, 0.05) is 43.0 Å². The van der Waals surface area contributed by atoms with Gasteiger partial charge in [0.05, 0.1) is 11.2 Å². The molecule has 3 heterocycles. The SMILES string of the molecule is NS(=O)(=O)N1CCC2(CC1)CN(c1cc(=O)[nH]c3ccccc13)C2. The molecule has 1 aromatic carbocycles. The number of nitrogens with zero attached hydrogens (tertiary/aromatic N) is 2. The highest BCUT2D eigenvalue weighted by atomic mass is 32.2. The number of anilines is 1. The Kier molecular flexibility index (Phi) is 3.45. The zero-order valence-electron chi connectivity index (χ0n) is 13.2. The lowest BCUT2D eigenvalue weighted by Crippen LogP contribution is -2.61. The number of benzene rings is 1. The molecule has 0 atom stereocenters. The Morgan fingerprint density at radius 3 is 2.46 bits per heavy atom. The number of H-pyrrole nitrogens is 1. The predicted octanol–water partition coefficient (Wildman–Crippen LogP) is 0.634. The summed E-state index contributed by atoms with van der Waals surface area (Å²) in [4.78, 5) is 17.0. The molecule has 0 aliphatic carbocycles. The van der Waals surface area contributed by atoms with Crippen molar-refractivity contribution in [1.29, 1.82) is 0 Å². The van der Waals surface area contributed by atoms with Crippen LogP contribution in [0.5, 0.6) is 0 Å². The van der Waals surface area contributed by atoms with Crippen LogP contribution in [0.15, 0.2) is 35.1 Å². The highest BCUT2D eigenvalue weighted by molar-refractivity contribution is 7.86. The van der Waals surface area contributed by atoms with Gasteiger partial charge in [0.1, 0.15) is 0 Å². The molecular weight excluding hydrogens is 328 g/mol. The molecule has 8 heteroatoms. The van der Waals surface area contributed by atoms with Crippen LogP contribution in [0.2, 0.25) is 0 Å². The van der Waals surface area contributed by atoms with Crippen LogP contribution < -0.4 is 15.6 Å². The molecule has 2 aliphatic heterocycles. The van der Waals surface area contributed by atoms with Crippen molar-refractivity contribution in [1.82, 2.24) is 9.29 Å². The molecule has 0 saturated carbocycles. The van der Waals surface area contributed by atoms with E-state index in [1.807, 2.05) is 24.3 Å². The molecule has 4 rings (SSSR count). The maximum absolute atomic E-state index is 11.9. The molecule has 24 heavy (non-hydrogen) atoms. The number of pyridine rings is 1. The second-order valence-electron chi connectivity index (χ2n) is 6.86. The maximum Gasteiger partial charge on any atom is 0.276 e. The van der Waals surface area contributed by atoms with Crippen LogP contribution in [0.25, 0.3) is 10.9 Å². The van der Waals surface area contributed by atoms with Crippen molar-refractivity contribution < 1.29 is 8.42 Å². The second-order valence-corrected chi connectivity index (χ2v) is 8.41. The van der Waals surface area contributed by atoms with Gasteiger partial charge in [-0.05, 0) is 18.9 Å². The third-order valence-electron chi connectivity index (χ3n) is 5.26. The second kappa shape index (κ2) is 5.30. The van der Waals surface area contributed by atoms with E-state index in [0.29, 0.717) is 13.1 Å². The summed E-state index contributed by atoms with van der Waals surface area (Å²) >= 11 is 0. The number of aromatic amines is 1. The molecule has 128 valence electrons. The molecule has 0 unspecified atom stereocenters. The normalized spacial score (nSPS) is 21.1. The molecule has 0 amide bonds. The Labute approximate surface area is 140 Å². The number of aromatic nitrogens is 1. The Morgan fingerprint density at radius 1 is 1.12 bits per heavy atom. The van der Waals surface area contributed by atoms with Crippen LogP contribution in [0.3, 0.4) is 0 Å². The van der Waals surface area contributed by atoms with E-state index in [0.717, 1.165) is 42.5 Å². The van der Waals surface area contributed by atoms with Crippen molar-refractivity contribution >= 4 is 26.8 Å². The van der Waals surface area contributed by atoms with Gasteiger partial charge in [-0.25, -0.2) is 5.14 Å². The Balaban J connectivity index is 1.54. The van der Waals surface area contributed by atoms with Crippen LogP contribution in [0.1, 0.15) is 12.8 Å². The first-order valence-corrected chi connectivity index (χ1v) is 9.52. The molecule has 1 aromatic heterocycles. The maximum atomic E-state index is 11.9. The molecule has 2 aliphatic rings. The number of nitrogens with one attached hydrogen (secondary N) is 1. The molecular formula is C16H20N4O3S. The molecule has 1 spiro atoms. The predicted molar refractivity (Wildman–Crippen MR) is 93.1 cm³/mol. The molecule has 3 N–H and O–H groups in total. The molecule has 2 aromatic rings. The molecule has 7 nitrogen and oxygen atoms in total. The fourth-order valence-corrected chi connectivity index (χ4v) is 4.60. The Morgan fingerprint density at radius 2 is 1.79 bits per heavy atom. The van der Waals surface area contributed by atoms with Crippen molar-refractivity contribution in [3.63, 3.8) is 0 Å². The zero-order valence-corrected chi connectivity index (χ0v) is 14.1. The molecule has 0 bridgehead atoms. The standard InChI is InChI=1S/C16H20N4O3S/c17-24(22,23)20-7-5-16(6-8-20)10-19(11-16)14-9-15(21)18-13-4-2-1-3-12(13)14/h1-4,9H,5-8,10-11H2,(H,18,21)(H2,17,22,23). The van der Waals surface area contributed by atoms with Gasteiger partial charge in [-0.1, -0.05) is 18.2 Å². The van der Waals surface area contributed by atoms with E-state index < -0.39 is 10.2 Å². The van der Waals surface area contributed by atoms with Crippen molar-refractivity contribution in [2.75, 3.05) is 31.1 Å². The third kappa shape index (κ3) is 2.60. The number of hydrogen-bond acceptors (Lipinski definition) is 4. The first-order valence-electron chi connectivity index (χ1n) is 8.01. The lowest BCUT2D eigenvalue weighted by molar-refractivity contribution is 0.115. The van der Waals surface area contributed by atoms with E-state index in [1.54, 1.807) is 6.07 Å². The van der Waals surface area contributed by atoms with Crippen molar-refractivity contribution in [2.24, 2.45) is 10.6 Å². The summed E-state index contributed by atoms with van der Waals surface area (Å²) in [7, 11) is -3.59. The number of nitrogens with two attached hydrogens (primary N) is 1. The van der Waals surface area contributed by atoms with Crippen LogP contribution in [-0.4, -0.2) is 43.9 Å². The number of fused-ring (bicyclic) bond motifs is 1. The molecule has 0 radical (unpaired) electrons. The number of rotatable bonds is 2. The summed E-state index contributed by atoms with van der Waals surface area (Å²) in [6.45, 7) is 2.64. The number of para-hydroxylation sites is 1. The van der Waals surface area contributed by atoms with E-state index in [9.17, 15) is 13.2 Å². The van der Waals surface area contributed by atoms with E-state index in [2.05, 4.69) is 9.88 Å². The average Bonchev–Trinajstić information content (AvgIpc) is 2.51. The monoisotopic (exact) mass is 348 g/mol. The van der Waals surface area contributed by atoms with E-state index in [-0.39, 0.29) is 11.0 Å². The number of hydrogen-bond donors (Lipinski definition) is 2. The van der Waals surface area contributed by atoms with Gasteiger partial charge in [0.15, 0.2) is 0 Å². The summed E-state index contributed by atoms with van der Waals surface area (Å²) in [5.41, 5.74) is 1.82. The fourth-order valence-electron chi connectivity index (χ4n) is 3.91. The minimum Gasteiger partial charge on any atom is -0.370 e. The molecule has 2 saturated heterocycles. The van der Waals surface area contributed by atoms with Gasteiger partial charge in [-0.15, -0.1) is 0 Å². The summed E-state index contributed by atoms with van der Waals surface area (Å²) in [6, 6.07) is 9.43. The lowest BCUT2D eigenvalue weighted by Gasteiger charge is -2.54. The van der Waals surface area contributed by atoms with E-state index in [4.69, 9.17) is 5.14 Å². The quantitative estimate of drug-likeness (QED) is 0.831. The van der Waals surface area contributed by atoms with E-state index in [1.165, 1.54) is 4.31 Å². The summed E-state index contributed by atoms with van der Waals surface area (Å²) in [6.07, 6.45) is 1.61. The highest BCUT2D eigenvalue weighted by Gasteiger charge is 2.46. The Bertz CT molecular complexity index is 937. The summed E-state index contributed by atoms with van der Waals surface area (Å²) < 4.78 is 24.2. The van der Waals surface area contributed by atoms with Crippen molar-refractivity contribution in [2.45, 2.75) is 12.8 Å². The minimum atomic E-state index is -3.59. The van der Waals surface area contributed by atoms with Gasteiger partial charge in [-0.2, -0.15) is 12.7 Å². The summed E-state index contributed by atoms with van der Waals surface area (Å²) in [5, 5.41) is 6.24. The van der Waals surface area contributed by atoms with Crippen LogP contribution in [-0.2, 0) is 10.2 Å². The van der Waals surface area contributed by atoms with Gasteiger partial charge in [-0.3, -0.25) is 4.79 Å². The van der Waals surface area contributed by atoms with Gasteiger partial charge >= 0.3 is 0 Å². The third-order valence-corrected chi connectivity index (χ3v) is 6.35. The Hall–Kier alpha value is -1.90. The minimum absolute atomic E-state index is 0.103. The fraction of sp³-hybridized carbons (Fsp3) is 0.438.